The fourth-order valence-electron chi connectivity index (χ4n) is 3.86. The summed E-state index contributed by atoms with van der Waals surface area (Å²) in [5.74, 6) is 2.77. The Hall–Kier alpha value is -2.39. The molecule has 2 aromatic rings. The second-order valence-electron chi connectivity index (χ2n) is 6.98. The van der Waals surface area contributed by atoms with Gasteiger partial charge in [-0.15, -0.1) is 0 Å². The van der Waals surface area contributed by atoms with E-state index in [1.807, 2.05) is 30.1 Å². The Kier molecular flexibility index (Phi) is 4.64. The maximum Gasteiger partial charge on any atom is 0.205 e. The highest BCUT2D eigenvalue weighted by molar-refractivity contribution is 5.52. The first-order valence-corrected chi connectivity index (χ1v) is 9.09. The number of nitrogens with zero attached hydrogens (tertiary/aromatic N) is 7. The molecule has 0 radical (unpaired) electrons. The number of anilines is 3. The van der Waals surface area contributed by atoms with Gasteiger partial charge in [-0.25, -0.2) is 15.0 Å². The van der Waals surface area contributed by atoms with E-state index in [1.165, 1.54) is 0 Å². The Morgan fingerprint density at radius 1 is 1.12 bits per heavy atom. The largest absolute Gasteiger partial charge is 0.391 e. The molecule has 2 aliphatic heterocycles. The molecule has 9 nitrogen and oxygen atoms in total. The topological polar surface area (TPSA) is 99.6 Å². The van der Waals surface area contributed by atoms with Gasteiger partial charge in [0.25, 0.3) is 0 Å². The molecule has 0 aliphatic carbocycles. The van der Waals surface area contributed by atoms with Crippen LogP contribution in [0.1, 0.15) is 6.42 Å². The lowest BCUT2D eigenvalue weighted by Crippen LogP contribution is -2.47. The maximum atomic E-state index is 9.96. The van der Waals surface area contributed by atoms with Crippen LogP contribution in [-0.2, 0) is 7.05 Å². The van der Waals surface area contributed by atoms with Crippen LogP contribution in [0.2, 0.25) is 0 Å². The number of piperazine rings is 1. The molecule has 0 unspecified atom stereocenters. The van der Waals surface area contributed by atoms with Crippen molar-refractivity contribution in [1.29, 1.82) is 0 Å². The van der Waals surface area contributed by atoms with Crippen LogP contribution in [0.5, 0.6) is 0 Å². The van der Waals surface area contributed by atoms with Crippen molar-refractivity contribution in [2.75, 3.05) is 54.0 Å². The molecule has 2 aromatic heterocycles. The van der Waals surface area contributed by atoms with Gasteiger partial charge in [0.05, 0.1) is 6.10 Å². The van der Waals surface area contributed by atoms with Gasteiger partial charge in [-0.05, 0) is 6.42 Å². The highest BCUT2D eigenvalue weighted by Gasteiger charge is 2.31. The summed E-state index contributed by atoms with van der Waals surface area (Å²) >= 11 is 0. The summed E-state index contributed by atoms with van der Waals surface area (Å²) in [4.78, 5) is 20.0. The summed E-state index contributed by atoms with van der Waals surface area (Å²) in [6.07, 6.45) is 5.75. The molecule has 0 aromatic carbocycles. The fourth-order valence-corrected chi connectivity index (χ4v) is 3.86. The third kappa shape index (κ3) is 3.19. The minimum Gasteiger partial charge on any atom is -0.391 e. The average Bonchev–Trinajstić information content (AvgIpc) is 3.27. The number of nitrogens with two attached hydrogens (primary N) is 1. The van der Waals surface area contributed by atoms with Gasteiger partial charge in [-0.1, -0.05) is 0 Å². The number of imidazole rings is 1. The van der Waals surface area contributed by atoms with Gasteiger partial charge in [-0.3, -0.25) is 0 Å². The van der Waals surface area contributed by atoms with Crippen molar-refractivity contribution >= 4 is 17.6 Å². The van der Waals surface area contributed by atoms with Crippen LogP contribution in [0.3, 0.4) is 0 Å². The first kappa shape index (κ1) is 17.0. The Balaban J connectivity index is 1.45. The number of aliphatic hydroxyl groups excluding tert-OH is 1. The van der Waals surface area contributed by atoms with Gasteiger partial charge in [0.1, 0.15) is 18.0 Å². The number of hydrogen-bond donors (Lipinski definition) is 2. The molecule has 9 heteroatoms. The minimum atomic E-state index is -0.344. The molecule has 0 spiro atoms. The second-order valence-corrected chi connectivity index (χ2v) is 6.98. The number of rotatable bonds is 4. The zero-order valence-electron chi connectivity index (χ0n) is 15.1. The lowest BCUT2D eigenvalue weighted by molar-refractivity contribution is 0.194. The van der Waals surface area contributed by atoms with Crippen molar-refractivity contribution in [2.45, 2.75) is 18.6 Å². The van der Waals surface area contributed by atoms with E-state index in [2.05, 4.69) is 29.7 Å². The Labute approximate surface area is 153 Å². The standard InChI is InChI=1S/C17H26N8O/c1-22-3-2-19-17(22)24-6-4-23(5-7-24)15-9-16(21-12-20-15)25-11-14(26)8-13(25)10-18/h2-3,9,12-14,26H,4-8,10-11,18H2,1H3/t13-,14-/m1/s1. The predicted octanol–water partition coefficient (Wildman–Crippen LogP) is -0.565. The molecule has 2 aliphatic rings. The van der Waals surface area contributed by atoms with Crippen molar-refractivity contribution in [3.63, 3.8) is 0 Å². The molecule has 2 atom stereocenters. The van der Waals surface area contributed by atoms with E-state index in [4.69, 9.17) is 5.73 Å². The van der Waals surface area contributed by atoms with Crippen LogP contribution >= 0.6 is 0 Å². The predicted molar refractivity (Wildman–Crippen MR) is 100 cm³/mol. The van der Waals surface area contributed by atoms with Gasteiger partial charge in [0.15, 0.2) is 0 Å². The molecule has 0 amide bonds. The number of hydrogen-bond acceptors (Lipinski definition) is 8. The minimum absolute atomic E-state index is 0.132. The van der Waals surface area contributed by atoms with Crippen molar-refractivity contribution in [1.82, 2.24) is 19.5 Å². The molecule has 4 rings (SSSR count). The fraction of sp³-hybridized carbons (Fsp3) is 0.588. The molecule has 3 N–H and O–H groups in total. The van der Waals surface area contributed by atoms with Gasteiger partial charge in [0, 0.05) is 70.8 Å². The second kappa shape index (κ2) is 7.08. The monoisotopic (exact) mass is 358 g/mol. The van der Waals surface area contributed by atoms with Gasteiger partial charge in [0.2, 0.25) is 5.95 Å². The lowest BCUT2D eigenvalue weighted by atomic mass is 10.2. The number of aryl methyl sites for hydroxylation is 1. The zero-order valence-corrected chi connectivity index (χ0v) is 15.1. The van der Waals surface area contributed by atoms with Crippen molar-refractivity contribution in [3.8, 4) is 0 Å². The number of aromatic nitrogens is 4. The summed E-state index contributed by atoms with van der Waals surface area (Å²) in [6.45, 7) is 4.65. The Bertz CT molecular complexity index is 742. The van der Waals surface area contributed by atoms with E-state index < -0.39 is 0 Å². The van der Waals surface area contributed by atoms with Crippen LogP contribution in [0.4, 0.5) is 17.6 Å². The number of β-amino-alcohol motifs (C(OH)–C–C–N with tert-alkyl or cyclic N) is 1. The first-order chi connectivity index (χ1) is 12.7. The van der Waals surface area contributed by atoms with Crippen LogP contribution in [0.25, 0.3) is 0 Å². The van der Waals surface area contributed by atoms with E-state index in [9.17, 15) is 5.11 Å². The molecule has 0 bridgehead atoms. The average molecular weight is 358 g/mol. The van der Waals surface area contributed by atoms with Gasteiger partial charge >= 0.3 is 0 Å². The Morgan fingerprint density at radius 3 is 2.54 bits per heavy atom. The Morgan fingerprint density at radius 2 is 1.85 bits per heavy atom. The summed E-state index contributed by atoms with van der Waals surface area (Å²) in [5, 5.41) is 9.96. The molecular formula is C17H26N8O. The summed E-state index contributed by atoms with van der Waals surface area (Å²) < 4.78 is 2.05. The van der Waals surface area contributed by atoms with Crippen molar-refractivity contribution in [2.24, 2.45) is 12.8 Å². The van der Waals surface area contributed by atoms with Gasteiger partial charge in [-0.2, -0.15) is 0 Å². The molecule has 0 saturated carbocycles. The normalized spacial score (nSPS) is 23.7. The van der Waals surface area contributed by atoms with E-state index in [-0.39, 0.29) is 12.1 Å². The smallest absolute Gasteiger partial charge is 0.205 e. The van der Waals surface area contributed by atoms with Crippen LogP contribution in [0, 0.1) is 0 Å². The van der Waals surface area contributed by atoms with E-state index in [0.29, 0.717) is 19.5 Å². The van der Waals surface area contributed by atoms with Gasteiger partial charge < -0.3 is 30.1 Å². The first-order valence-electron chi connectivity index (χ1n) is 9.09. The van der Waals surface area contributed by atoms with Crippen molar-refractivity contribution < 1.29 is 5.11 Å². The van der Waals surface area contributed by atoms with Crippen LogP contribution in [-0.4, -0.2) is 76.0 Å². The van der Waals surface area contributed by atoms with E-state index in [1.54, 1.807) is 6.33 Å². The van der Waals surface area contributed by atoms with E-state index in [0.717, 1.165) is 43.8 Å². The zero-order chi connectivity index (χ0) is 18.1. The maximum absolute atomic E-state index is 9.96. The van der Waals surface area contributed by atoms with Crippen molar-refractivity contribution in [3.05, 3.63) is 24.8 Å². The molecule has 26 heavy (non-hydrogen) atoms. The highest BCUT2D eigenvalue weighted by atomic mass is 16.3. The summed E-state index contributed by atoms with van der Waals surface area (Å²) in [6, 6.07) is 2.14. The highest BCUT2D eigenvalue weighted by Crippen LogP contribution is 2.26. The number of aliphatic hydroxyl groups is 1. The third-order valence-electron chi connectivity index (χ3n) is 5.28. The van der Waals surface area contributed by atoms with Crippen LogP contribution in [0.15, 0.2) is 24.8 Å². The van der Waals surface area contributed by atoms with E-state index >= 15 is 0 Å². The quantitative estimate of drug-likeness (QED) is 0.750. The lowest BCUT2D eigenvalue weighted by Gasteiger charge is -2.36. The van der Waals surface area contributed by atoms with Crippen LogP contribution < -0.4 is 20.4 Å². The molecular weight excluding hydrogens is 332 g/mol. The molecule has 2 saturated heterocycles. The third-order valence-corrected chi connectivity index (χ3v) is 5.28. The molecule has 4 heterocycles. The SMILES string of the molecule is Cn1ccnc1N1CCN(c2cc(N3C[C@H](O)C[C@@H]3CN)ncn2)CC1. The molecule has 140 valence electrons. The summed E-state index contributed by atoms with van der Waals surface area (Å²) in [5.41, 5.74) is 5.86. The molecule has 2 fully saturated rings. The summed E-state index contributed by atoms with van der Waals surface area (Å²) in [7, 11) is 2.02.